The molecule has 0 spiro atoms. The fourth-order valence-electron chi connectivity index (χ4n) is 2.84. The SMILES string of the molecule is O=C(CCc1ccsc1)N1CCN(C(=O)c2cccc(Cl)c2Cl)CC1. The molecule has 0 bridgehead atoms. The summed E-state index contributed by atoms with van der Waals surface area (Å²) in [5.74, 6) is -0.00282. The quantitative estimate of drug-likeness (QED) is 0.783. The van der Waals surface area contributed by atoms with Crippen LogP contribution in [0, 0.1) is 0 Å². The summed E-state index contributed by atoms with van der Waals surface area (Å²) in [4.78, 5) is 28.5. The Morgan fingerprint density at radius 1 is 1.04 bits per heavy atom. The van der Waals surface area contributed by atoms with Crippen LogP contribution in [-0.4, -0.2) is 47.8 Å². The lowest BCUT2D eigenvalue weighted by atomic mass is 10.1. The van der Waals surface area contributed by atoms with E-state index in [1.54, 1.807) is 34.4 Å². The third kappa shape index (κ3) is 4.35. The second kappa shape index (κ2) is 8.21. The first-order valence-electron chi connectivity index (χ1n) is 8.08. The fraction of sp³-hybridized carbons (Fsp3) is 0.333. The van der Waals surface area contributed by atoms with Gasteiger partial charge in [-0.3, -0.25) is 9.59 Å². The van der Waals surface area contributed by atoms with Crippen molar-refractivity contribution in [1.29, 1.82) is 0 Å². The Morgan fingerprint density at radius 3 is 2.44 bits per heavy atom. The van der Waals surface area contributed by atoms with E-state index in [2.05, 4.69) is 5.38 Å². The normalized spacial score (nSPS) is 14.6. The zero-order valence-corrected chi connectivity index (χ0v) is 15.9. The molecule has 0 atom stereocenters. The minimum atomic E-state index is -0.141. The van der Waals surface area contributed by atoms with E-state index >= 15 is 0 Å². The number of rotatable bonds is 4. The van der Waals surface area contributed by atoms with Crippen LogP contribution in [0.1, 0.15) is 22.3 Å². The van der Waals surface area contributed by atoms with Gasteiger partial charge < -0.3 is 9.80 Å². The number of aryl methyl sites for hydroxylation is 1. The van der Waals surface area contributed by atoms with E-state index in [1.165, 1.54) is 5.56 Å². The topological polar surface area (TPSA) is 40.6 Å². The van der Waals surface area contributed by atoms with Crippen LogP contribution in [0.25, 0.3) is 0 Å². The Labute approximate surface area is 160 Å². The zero-order chi connectivity index (χ0) is 17.8. The van der Waals surface area contributed by atoms with Gasteiger partial charge in [0, 0.05) is 32.6 Å². The van der Waals surface area contributed by atoms with Gasteiger partial charge in [-0.15, -0.1) is 0 Å². The second-order valence-electron chi connectivity index (χ2n) is 5.91. The number of nitrogens with zero attached hydrogens (tertiary/aromatic N) is 2. The van der Waals surface area contributed by atoms with Crippen LogP contribution >= 0.6 is 34.5 Å². The number of hydrogen-bond donors (Lipinski definition) is 0. The van der Waals surface area contributed by atoms with E-state index in [-0.39, 0.29) is 16.8 Å². The highest BCUT2D eigenvalue weighted by molar-refractivity contribution is 7.07. The molecule has 0 unspecified atom stereocenters. The molecule has 1 aliphatic rings. The van der Waals surface area contributed by atoms with Gasteiger partial charge in [0.25, 0.3) is 5.91 Å². The summed E-state index contributed by atoms with van der Waals surface area (Å²) in [7, 11) is 0. The Balaban J connectivity index is 1.53. The monoisotopic (exact) mass is 396 g/mol. The van der Waals surface area contributed by atoms with Crippen LogP contribution in [0.5, 0.6) is 0 Å². The third-order valence-corrected chi connectivity index (χ3v) is 5.86. The van der Waals surface area contributed by atoms with Gasteiger partial charge in [-0.2, -0.15) is 11.3 Å². The number of carbonyl (C=O) groups is 2. The first-order chi connectivity index (χ1) is 12.1. The van der Waals surface area contributed by atoms with Gasteiger partial charge in [-0.05, 0) is 40.9 Å². The van der Waals surface area contributed by atoms with Crippen LogP contribution in [0.4, 0.5) is 0 Å². The minimum absolute atomic E-state index is 0.138. The van der Waals surface area contributed by atoms with Crippen molar-refractivity contribution in [2.45, 2.75) is 12.8 Å². The molecule has 7 heteroatoms. The largest absolute Gasteiger partial charge is 0.339 e. The summed E-state index contributed by atoms with van der Waals surface area (Å²) in [5.41, 5.74) is 1.61. The van der Waals surface area contributed by atoms with Crippen molar-refractivity contribution in [2.75, 3.05) is 26.2 Å². The predicted molar refractivity (Wildman–Crippen MR) is 102 cm³/mol. The summed E-state index contributed by atoms with van der Waals surface area (Å²) in [5, 5.41) is 4.74. The number of halogens is 2. The van der Waals surface area contributed by atoms with Crippen LogP contribution in [0.15, 0.2) is 35.0 Å². The molecule has 0 N–H and O–H groups in total. The number of benzene rings is 1. The molecule has 1 fully saturated rings. The van der Waals surface area contributed by atoms with E-state index in [9.17, 15) is 9.59 Å². The summed E-state index contributed by atoms with van der Waals surface area (Å²) >= 11 is 13.8. The molecule has 1 aromatic heterocycles. The molecule has 3 rings (SSSR count). The molecule has 4 nitrogen and oxygen atoms in total. The summed E-state index contributed by atoms with van der Waals surface area (Å²) in [6.07, 6.45) is 1.27. The first kappa shape index (κ1) is 18.2. The molecular formula is C18H18Cl2N2O2S. The second-order valence-corrected chi connectivity index (χ2v) is 7.47. The van der Waals surface area contributed by atoms with Gasteiger partial charge in [0.1, 0.15) is 0 Å². The van der Waals surface area contributed by atoms with Crippen molar-refractivity contribution in [2.24, 2.45) is 0 Å². The Morgan fingerprint density at radius 2 is 1.76 bits per heavy atom. The van der Waals surface area contributed by atoms with Gasteiger partial charge in [0.2, 0.25) is 5.91 Å². The summed E-state index contributed by atoms with van der Waals surface area (Å²) < 4.78 is 0. The van der Waals surface area contributed by atoms with Crippen molar-refractivity contribution in [3.05, 3.63) is 56.2 Å². The number of carbonyl (C=O) groups excluding carboxylic acids is 2. The highest BCUT2D eigenvalue weighted by Gasteiger charge is 2.26. The number of hydrogen-bond acceptors (Lipinski definition) is 3. The minimum Gasteiger partial charge on any atom is -0.339 e. The molecule has 0 saturated carbocycles. The van der Waals surface area contributed by atoms with Crippen LogP contribution in [0.3, 0.4) is 0 Å². The van der Waals surface area contributed by atoms with Gasteiger partial charge in [0.05, 0.1) is 15.6 Å². The summed E-state index contributed by atoms with van der Waals surface area (Å²) in [6, 6.07) is 7.09. The third-order valence-electron chi connectivity index (χ3n) is 4.31. The molecule has 0 radical (unpaired) electrons. The van der Waals surface area contributed by atoms with E-state index in [4.69, 9.17) is 23.2 Å². The van der Waals surface area contributed by atoms with E-state index in [0.29, 0.717) is 43.2 Å². The average molecular weight is 397 g/mol. The highest BCUT2D eigenvalue weighted by atomic mass is 35.5. The van der Waals surface area contributed by atoms with Crippen molar-refractivity contribution >= 4 is 46.4 Å². The maximum absolute atomic E-state index is 12.6. The summed E-state index contributed by atoms with van der Waals surface area (Å²) in [6.45, 7) is 2.11. The number of piperazine rings is 1. The highest BCUT2D eigenvalue weighted by Crippen LogP contribution is 2.26. The van der Waals surface area contributed by atoms with Crippen molar-refractivity contribution in [1.82, 2.24) is 9.80 Å². The number of amides is 2. The number of thiophene rings is 1. The molecular weight excluding hydrogens is 379 g/mol. The van der Waals surface area contributed by atoms with Crippen molar-refractivity contribution < 1.29 is 9.59 Å². The maximum Gasteiger partial charge on any atom is 0.255 e. The maximum atomic E-state index is 12.6. The molecule has 0 aliphatic carbocycles. The molecule has 25 heavy (non-hydrogen) atoms. The van der Waals surface area contributed by atoms with Gasteiger partial charge in [-0.25, -0.2) is 0 Å². The van der Waals surface area contributed by atoms with Crippen molar-refractivity contribution in [3.63, 3.8) is 0 Å². The zero-order valence-electron chi connectivity index (χ0n) is 13.6. The lowest BCUT2D eigenvalue weighted by Crippen LogP contribution is -2.50. The molecule has 1 aromatic carbocycles. The van der Waals surface area contributed by atoms with Crippen LogP contribution in [-0.2, 0) is 11.2 Å². The molecule has 1 saturated heterocycles. The predicted octanol–water partition coefficient (Wildman–Crippen LogP) is 3.97. The Kier molecular flexibility index (Phi) is 5.99. The van der Waals surface area contributed by atoms with E-state index < -0.39 is 0 Å². The standard InChI is InChI=1S/C18H18Cl2N2O2S/c19-15-3-1-2-14(17(15)20)18(24)22-9-7-21(8-10-22)16(23)5-4-13-6-11-25-12-13/h1-3,6,11-12H,4-5,7-10H2. The average Bonchev–Trinajstić information content (AvgIpc) is 3.15. The Bertz CT molecular complexity index is 756. The molecule has 2 amide bonds. The smallest absolute Gasteiger partial charge is 0.255 e. The molecule has 1 aliphatic heterocycles. The van der Waals surface area contributed by atoms with Gasteiger partial charge >= 0.3 is 0 Å². The molecule has 2 heterocycles. The van der Waals surface area contributed by atoms with Crippen molar-refractivity contribution in [3.8, 4) is 0 Å². The van der Waals surface area contributed by atoms with Crippen LogP contribution in [0.2, 0.25) is 10.0 Å². The van der Waals surface area contributed by atoms with E-state index in [0.717, 1.165) is 6.42 Å². The van der Waals surface area contributed by atoms with Crippen LogP contribution < -0.4 is 0 Å². The van der Waals surface area contributed by atoms with Gasteiger partial charge in [-0.1, -0.05) is 29.3 Å². The first-order valence-corrected chi connectivity index (χ1v) is 9.78. The van der Waals surface area contributed by atoms with Gasteiger partial charge in [0.15, 0.2) is 0 Å². The molecule has 2 aromatic rings. The fourth-order valence-corrected chi connectivity index (χ4v) is 3.93. The Hall–Kier alpha value is -1.56. The molecule has 132 valence electrons. The lowest BCUT2D eigenvalue weighted by molar-refractivity contribution is -0.132. The lowest BCUT2D eigenvalue weighted by Gasteiger charge is -2.35. The van der Waals surface area contributed by atoms with E-state index in [1.807, 2.05) is 16.3 Å².